The Labute approximate surface area is 149 Å². The molecule has 1 aromatic rings. The van der Waals surface area contributed by atoms with Gasteiger partial charge in [-0.1, -0.05) is 23.8 Å². The van der Waals surface area contributed by atoms with Gasteiger partial charge in [0, 0.05) is 19.2 Å². The highest BCUT2D eigenvalue weighted by atomic mass is 35.5. The predicted molar refractivity (Wildman–Crippen MR) is 99.9 cm³/mol. The maximum atomic E-state index is 12.2. The van der Waals surface area contributed by atoms with Gasteiger partial charge in [-0.2, -0.15) is 0 Å². The number of hydrogen-bond donors (Lipinski definition) is 0. The van der Waals surface area contributed by atoms with E-state index in [9.17, 15) is 4.79 Å². The largest absolute Gasteiger partial charge is 0.493 e. The first kappa shape index (κ1) is 20.1. The molecule has 24 heavy (non-hydrogen) atoms. The monoisotopic (exact) mass is 351 g/mol. The molecule has 0 aromatic heterocycles. The van der Waals surface area contributed by atoms with Gasteiger partial charge < -0.3 is 14.4 Å². The van der Waals surface area contributed by atoms with E-state index in [2.05, 4.69) is 6.58 Å². The summed E-state index contributed by atoms with van der Waals surface area (Å²) in [5, 5.41) is 0.449. The fourth-order valence-electron chi connectivity index (χ4n) is 2.13. The smallest absolute Gasteiger partial charge is 0.246 e. The van der Waals surface area contributed by atoms with E-state index in [-0.39, 0.29) is 12.0 Å². The van der Waals surface area contributed by atoms with Gasteiger partial charge in [0.05, 0.1) is 18.2 Å². The van der Waals surface area contributed by atoms with Crippen molar-refractivity contribution in [3.63, 3.8) is 0 Å². The normalized spacial score (nSPS) is 11.0. The van der Waals surface area contributed by atoms with Crippen LogP contribution in [-0.4, -0.2) is 37.1 Å². The predicted octanol–water partition coefficient (Wildman–Crippen LogP) is 4.57. The third-order valence-electron chi connectivity index (χ3n) is 3.18. The van der Waals surface area contributed by atoms with Gasteiger partial charge in [0.15, 0.2) is 11.5 Å². The Balaban J connectivity index is 3.00. The summed E-state index contributed by atoms with van der Waals surface area (Å²) in [4.78, 5) is 14.0. The number of halogens is 1. The molecule has 1 amide bonds. The summed E-state index contributed by atoms with van der Waals surface area (Å²) in [5.41, 5.74) is 1.71. The van der Waals surface area contributed by atoms with Crippen molar-refractivity contribution in [1.82, 2.24) is 4.90 Å². The zero-order valence-corrected chi connectivity index (χ0v) is 15.8. The third kappa shape index (κ3) is 5.93. The second kappa shape index (κ2) is 9.38. The molecule has 0 saturated heterocycles. The van der Waals surface area contributed by atoms with Gasteiger partial charge in [0.2, 0.25) is 5.91 Å². The lowest BCUT2D eigenvalue weighted by Crippen LogP contribution is -2.30. The molecule has 0 aliphatic carbocycles. The number of hydrogen-bond acceptors (Lipinski definition) is 3. The van der Waals surface area contributed by atoms with Crippen molar-refractivity contribution in [2.45, 2.75) is 33.8 Å². The molecule has 5 heteroatoms. The summed E-state index contributed by atoms with van der Waals surface area (Å²) >= 11 is 6.29. The van der Waals surface area contributed by atoms with E-state index >= 15 is 0 Å². The van der Waals surface area contributed by atoms with Crippen LogP contribution in [0.5, 0.6) is 11.5 Å². The van der Waals surface area contributed by atoms with Crippen molar-refractivity contribution < 1.29 is 14.3 Å². The second-order valence-electron chi connectivity index (χ2n) is 5.84. The Morgan fingerprint density at radius 2 is 2.08 bits per heavy atom. The molecule has 1 rings (SSSR count). The SMILES string of the molecule is C=C(C)CN(CC)C(=O)C=Cc1cc(Cl)c(OC(C)C)c(OC)c1. The summed E-state index contributed by atoms with van der Waals surface area (Å²) < 4.78 is 11.0. The lowest BCUT2D eigenvalue weighted by Gasteiger charge is -2.19. The Morgan fingerprint density at radius 3 is 2.58 bits per heavy atom. The lowest BCUT2D eigenvalue weighted by atomic mass is 10.1. The fraction of sp³-hybridized carbons (Fsp3) is 0.421. The Kier molecular flexibility index (Phi) is 7.86. The van der Waals surface area contributed by atoms with Crippen molar-refractivity contribution in [2.24, 2.45) is 0 Å². The topological polar surface area (TPSA) is 38.8 Å². The van der Waals surface area contributed by atoms with Crippen LogP contribution in [0.2, 0.25) is 5.02 Å². The van der Waals surface area contributed by atoms with E-state index in [0.717, 1.165) is 11.1 Å². The van der Waals surface area contributed by atoms with Crippen LogP contribution in [0.15, 0.2) is 30.4 Å². The maximum Gasteiger partial charge on any atom is 0.246 e. The molecule has 0 radical (unpaired) electrons. The number of methoxy groups -OCH3 is 1. The van der Waals surface area contributed by atoms with Crippen molar-refractivity contribution in [3.8, 4) is 11.5 Å². The number of likely N-dealkylation sites (N-methyl/N-ethyl adjacent to an activating group) is 1. The summed E-state index contributed by atoms with van der Waals surface area (Å²) in [6.07, 6.45) is 3.23. The van der Waals surface area contributed by atoms with Crippen molar-refractivity contribution >= 4 is 23.6 Å². The molecule has 0 aliphatic rings. The summed E-state index contributed by atoms with van der Waals surface area (Å²) in [6.45, 7) is 12.7. The molecule has 132 valence electrons. The number of nitrogens with zero attached hydrogens (tertiary/aromatic N) is 1. The Morgan fingerprint density at radius 1 is 1.42 bits per heavy atom. The number of carbonyl (C=O) groups is 1. The van der Waals surface area contributed by atoms with Gasteiger partial charge in [-0.3, -0.25) is 4.79 Å². The second-order valence-corrected chi connectivity index (χ2v) is 6.25. The number of ether oxygens (including phenoxy) is 2. The molecule has 0 atom stereocenters. The maximum absolute atomic E-state index is 12.2. The molecule has 0 saturated carbocycles. The Bertz CT molecular complexity index is 623. The molecule has 0 unspecified atom stereocenters. The van der Waals surface area contributed by atoms with E-state index in [0.29, 0.717) is 29.6 Å². The number of amides is 1. The first-order chi connectivity index (χ1) is 11.3. The Hall–Kier alpha value is -1.94. The summed E-state index contributed by atoms with van der Waals surface area (Å²) in [6, 6.07) is 3.54. The minimum Gasteiger partial charge on any atom is -0.493 e. The third-order valence-corrected chi connectivity index (χ3v) is 3.46. The van der Waals surface area contributed by atoms with Crippen molar-refractivity contribution in [2.75, 3.05) is 20.2 Å². The highest BCUT2D eigenvalue weighted by molar-refractivity contribution is 6.32. The molecule has 0 heterocycles. The van der Waals surface area contributed by atoms with Gasteiger partial charge in [-0.05, 0) is 51.5 Å². The van der Waals surface area contributed by atoms with Crippen LogP contribution in [0.4, 0.5) is 0 Å². The number of benzene rings is 1. The first-order valence-corrected chi connectivity index (χ1v) is 8.31. The molecular formula is C19H26ClNO3. The van der Waals surface area contributed by atoms with E-state index in [1.165, 1.54) is 6.08 Å². The minimum atomic E-state index is -0.0712. The van der Waals surface area contributed by atoms with Crippen LogP contribution in [0.25, 0.3) is 6.08 Å². The summed E-state index contributed by atoms with van der Waals surface area (Å²) in [5.74, 6) is 0.978. The van der Waals surface area contributed by atoms with Gasteiger partial charge in [-0.25, -0.2) is 0 Å². The van der Waals surface area contributed by atoms with Gasteiger partial charge >= 0.3 is 0 Å². The first-order valence-electron chi connectivity index (χ1n) is 7.94. The average molecular weight is 352 g/mol. The van der Waals surface area contributed by atoms with Crippen molar-refractivity contribution in [3.05, 3.63) is 40.9 Å². The average Bonchev–Trinajstić information content (AvgIpc) is 2.51. The van der Waals surface area contributed by atoms with Crippen LogP contribution in [-0.2, 0) is 4.79 Å². The minimum absolute atomic E-state index is 0.0142. The van der Waals surface area contributed by atoms with Crippen LogP contribution in [0, 0.1) is 0 Å². The number of carbonyl (C=O) groups excluding carboxylic acids is 1. The van der Waals surface area contributed by atoms with Gasteiger partial charge in [0.1, 0.15) is 0 Å². The van der Waals surface area contributed by atoms with E-state index in [1.807, 2.05) is 27.7 Å². The van der Waals surface area contributed by atoms with Gasteiger partial charge in [0.25, 0.3) is 0 Å². The summed E-state index contributed by atoms with van der Waals surface area (Å²) in [7, 11) is 1.56. The molecule has 1 aromatic carbocycles. The van der Waals surface area contributed by atoms with Crippen LogP contribution >= 0.6 is 11.6 Å². The molecule has 0 bridgehead atoms. The molecule has 0 spiro atoms. The molecule has 0 fully saturated rings. The van der Waals surface area contributed by atoms with Crippen LogP contribution in [0.3, 0.4) is 0 Å². The number of rotatable bonds is 8. The molecular weight excluding hydrogens is 326 g/mol. The van der Waals surface area contributed by atoms with Crippen LogP contribution < -0.4 is 9.47 Å². The lowest BCUT2D eigenvalue weighted by molar-refractivity contribution is -0.125. The van der Waals surface area contributed by atoms with E-state index in [1.54, 1.807) is 30.2 Å². The molecule has 0 aliphatic heterocycles. The standard InChI is InChI=1S/C19H26ClNO3/c1-7-21(12-13(2)3)18(22)9-8-15-10-16(20)19(24-14(4)5)17(11-15)23-6/h8-11,14H,2,7,12H2,1,3-6H3. The van der Waals surface area contributed by atoms with Gasteiger partial charge in [-0.15, -0.1) is 0 Å². The zero-order chi connectivity index (χ0) is 18.3. The van der Waals surface area contributed by atoms with Crippen molar-refractivity contribution in [1.29, 1.82) is 0 Å². The quantitative estimate of drug-likeness (QED) is 0.508. The fourth-order valence-corrected chi connectivity index (χ4v) is 2.39. The van der Waals surface area contributed by atoms with Crippen LogP contribution in [0.1, 0.15) is 33.3 Å². The molecule has 0 N–H and O–H groups in total. The molecule has 4 nitrogen and oxygen atoms in total. The zero-order valence-electron chi connectivity index (χ0n) is 15.1. The highest BCUT2D eigenvalue weighted by Gasteiger charge is 2.13. The van der Waals surface area contributed by atoms with E-state index in [4.69, 9.17) is 21.1 Å². The van der Waals surface area contributed by atoms with E-state index < -0.39 is 0 Å². The highest BCUT2D eigenvalue weighted by Crippen LogP contribution is 2.37.